The molecular weight excluding hydrogens is 274 g/mol. The molecule has 0 spiro atoms. The molecule has 0 fully saturated rings. The van der Waals surface area contributed by atoms with Crippen molar-refractivity contribution < 1.29 is 4.79 Å². The minimum Gasteiger partial charge on any atom is -0.339 e. The number of thioether (sulfide) groups is 1. The highest BCUT2D eigenvalue weighted by Gasteiger charge is 2.19. The Balaban J connectivity index is 2.86. The van der Waals surface area contributed by atoms with Crippen molar-refractivity contribution in [3.8, 4) is 0 Å². The third-order valence-corrected chi connectivity index (χ3v) is 3.79. The predicted molar refractivity (Wildman–Crippen MR) is 70.0 cm³/mol. The van der Waals surface area contributed by atoms with Crippen molar-refractivity contribution in [2.24, 2.45) is 0 Å². The van der Waals surface area contributed by atoms with Crippen LogP contribution in [-0.4, -0.2) is 20.8 Å². The van der Waals surface area contributed by atoms with Gasteiger partial charge >= 0.3 is 0 Å². The van der Waals surface area contributed by atoms with E-state index in [1.807, 2.05) is 22.9 Å². The maximum atomic E-state index is 11.9. The van der Waals surface area contributed by atoms with E-state index in [-0.39, 0.29) is 10.7 Å². The molecule has 1 rings (SSSR count). The highest BCUT2D eigenvalue weighted by molar-refractivity contribution is 9.09. The summed E-state index contributed by atoms with van der Waals surface area (Å²) in [6.45, 7) is 6.29. The smallest absolute Gasteiger partial charge is 0.235 e. The number of carbonyl (C=O) groups excluding carboxylic acids is 1. The van der Waals surface area contributed by atoms with E-state index in [1.165, 1.54) is 11.8 Å². The Morgan fingerprint density at radius 1 is 1.53 bits per heavy atom. The summed E-state index contributed by atoms with van der Waals surface area (Å²) in [6.07, 6.45) is 1.96. The van der Waals surface area contributed by atoms with E-state index in [1.54, 1.807) is 0 Å². The zero-order valence-electron chi connectivity index (χ0n) is 9.29. The van der Waals surface area contributed by atoms with E-state index < -0.39 is 0 Å². The number of alkyl halides is 1. The van der Waals surface area contributed by atoms with Gasteiger partial charge in [0.25, 0.3) is 0 Å². The van der Waals surface area contributed by atoms with Gasteiger partial charge in [-0.25, -0.2) is 0 Å². The summed E-state index contributed by atoms with van der Waals surface area (Å²) in [4.78, 5) is 11.9. The Labute approximate surface area is 104 Å². The van der Waals surface area contributed by atoms with Crippen molar-refractivity contribution in [1.82, 2.24) is 4.57 Å². The molecular formula is C11H16BrNOS. The van der Waals surface area contributed by atoms with Crippen molar-refractivity contribution in [1.29, 1.82) is 0 Å². The molecule has 0 amide bonds. The molecule has 0 aliphatic rings. The van der Waals surface area contributed by atoms with Gasteiger partial charge in [-0.3, -0.25) is 4.79 Å². The molecule has 2 nitrogen and oxygen atoms in total. The fourth-order valence-electron chi connectivity index (χ4n) is 1.34. The van der Waals surface area contributed by atoms with Crippen LogP contribution in [0.4, 0.5) is 0 Å². The first kappa shape index (κ1) is 12.8. The number of halogens is 1. The van der Waals surface area contributed by atoms with Crippen molar-refractivity contribution in [3.05, 3.63) is 24.0 Å². The third kappa shape index (κ3) is 3.38. The second kappa shape index (κ2) is 5.21. The van der Waals surface area contributed by atoms with Crippen molar-refractivity contribution in [2.45, 2.75) is 26.3 Å². The average Bonchev–Trinajstić information content (AvgIpc) is 2.61. The van der Waals surface area contributed by atoms with Crippen LogP contribution in [0.15, 0.2) is 18.3 Å². The van der Waals surface area contributed by atoms with Crippen LogP contribution in [0.5, 0.6) is 0 Å². The minimum absolute atomic E-state index is 0.0382. The molecule has 1 aromatic rings. The van der Waals surface area contributed by atoms with Crippen LogP contribution in [0.1, 0.15) is 31.3 Å². The Kier molecular flexibility index (Phi) is 4.46. The molecule has 15 heavy (non-hydrogen) atoms. The molecule has 0 aliphatic heterocycles. The van der Waals surface area contributed by atoms with Crippen molar-refractivity contribution >= 4 is 32.8 Å². The van der Waals surface area contributed by atoms with Crippen LogP contribution in [0, 0.1) is 0 Å². The number of carbonyl (C=O) groups is 1. The van der Waals surface area contributed by atoms with E-state index >= 15 is 0 Å². The van der Waals surface area contributed by atoms with Crippen LogP contribution in [-0.2, 0) is 5.54 Å². The topological polar surface area (TPSA) is 22.0 Å². The molecule has 0 saturated carbocycles. The highest BCUT2D eigenvalue weighted by atomic mass is 79.9. The minimum atomic E-state index is -0.0382. The lowest BCUT2D eigenvalue weighted by Gasteiger charge is -2.23. The van der Waals surface area contributed by atoms with Crippen LogP contribution in [0.2, 0.25) is 0 Å². The van der Waals surface area contributed by atoms with Gasteiger partial charge in [-0.2, -0.15) is 0 Å². The first-order valence-corrected chi connectivity index (χ1v) is 6.98. The summed E-state index contributed by atoms with van der Waals surface area (Å²) in [5.74, 6) is 0.814. The van der Waals surface area contributed by atoms with Gasteiger partial charge in [0.2, 0.25) is 5.12 Å². The Bertz CT molecular complexity index is 341. The molecule has 0 aromatic carbocycles. The van der Waals surface area contributed by atoms with E-state index in [2.05, 4.69) is 36.7 Å². The summed E-state index contributed by atoms with van der Waals surface area (Å²) >= 11 is 4.68. The molecule has 0 unspecified atom stereocenters. The molecule has 0 saturated heterocycles. The fraction of sp³-hybridized carbons (Fsp3) is 0.545. The molecule has 4 heteroatoms. The second-order valence-electron chi connectivity index (χ2n) is 4.26. The molecule has 1 heterocycles. The van der Waals surface area contributed by atoms with Crippen molar-refractivity contribution in [2.75, 3.05) is 11.1 Å². The van der Waals surface area contributed by atoms with Gasteiger partial charge in [0.1, 0.15) is 0 Å². The van der Waals surface area contributed by atoms with E-state index in [0.717, 1.165) is 16.8 Å². The van der Waals surface area contributed by atoms with Crippen LogP contribution in [0.25, 0.3) is 0 Å². The Hall–Kier alpha value is -0.220. The van der Waals surface area contributed by atoms with Crippen LogP contribution >= 0.6 is 27.7 Å². The third-order valence-electron chi connectivity index (χ3n) is 1.99. The molecule has 84 valence electrons. The summed E-state index contributed by atoms with van der Waals surface area (Å²) in [7, 11) is 0. The first-order chi connectivity index (χ1) is 6.96. The van der Waals surface area contributed by atoms with E-state index in [4.69, 9.17) is 0 Å². The van der Waals surface area contributed by atoms with E-state index in [9.17, 15) is 4.79 Å². The number of rotatable bonds is 3. The Morgan fingerprint density at radius 2 is 2.20 bits per heavy atom. The predicted octanol–water partition coefficient (Wildman–Crippen LogP) is 3.51. The van der Waals surface area contributed by atoms with Gasteiger partial charge in [-0.15, -0.1) is 0 Å². The van der Waals surface area contributed by atoms with Crippen LogP contribution < -0.4 is 0 Å². The monoisotopic (exact) mass is 289 g/mol. The number of nitrogens with zero attached hydrogens (tertiary/aromatic N) is 1. The molecule has 0 bridgehead atoms. The number of hydrogen-bond acceptors (Lipinski definition) is 2. The van der Waals surface area contributed by atoms with Gasteiger partial charge in [0, 0.05) is 22.8 Å². The van der Waals surface area contributed by atoms with E-state index in [0.29, 0.717) is 0 Å². The zero-order chi connectivity index (χ0) is 11.5. The lowest BCUT2D eigenvalue weighted by molar-refractivity contribution is 0.107. The lowest BCUT2D eigenvalue weighted by atomic mass is 10.1. The first-order valence-electron chi connectivity index (χ1n) is 4.87. The van der Waals surface area contributed by atoms with Gasteiger partial charge in [0.05, 0.1) is 5.69 Å². The molecule has 0 N–H and O–H groups in total. The van der Waals surface area contributed by atoms with Gasteiger partial charge < -0.3 is 4.57 Å². The second-order valence-corrected chi connectivity index (χ2v) is 6.12. The van der Waals surface area contributed by atoms with Gasteiger partial charge in [0.15, 0.2) is 0 Å². The van der Waals surface area contributed by atoms with Crippen LogP contribution in [0.3, 0.4) is 0 Å². The van der Waals surface area contributed by atoms with Crippen molar-refractivity contribution in [3.63, 3.8) is 0 Å². The fourth-order valence-corrected chi connectivity index (χ4v) is 2.40. The maximum Gasteiger partial charge on any atom is 0.235 e. The van der Waals surface area contributed by atoms with Gasteiger partial charge in [-0.05, 0) is 32.9 Å². The summed E-state index contributed by atoms with van der Waals surface area (Å²) in [5, 5.41) is 0.994. The summed E-state index contributed by atoms with van der Waals surface area (Å²) in [5.41, 5.74) is 0.747. The normalized spacial score (nSPS) is 11.7. The molecule has 1 aromatic heterocycles. The van der Waals surface area contributed by atoms with Gasteiger partial charge in [-0.1, -0.05) is 27.7 Å². The number of aromatic nitrogens is 1. The molecule has 0 aliphatic carbocycles. The standard InChI is InChI=1S/C11H16BrNOS/c1-11(2,3)13-7-4-5-9(13)10(14)15-8-6-12/h4-5,7H,6,8H2,1-3H3. The lowest BCUT2D eigenvalue weighted by Crippen LogP contribution is -2.24. The summed E-state index contributed by atoms with van der Waals surface area (Å²) in [6, 6.07) is 3.81. The number of hydrogen-bond donors (Lipinski definition) is 0. The average molecular weight is 290 g/mol. The highest BCUT2D eigenvalue weighted by Crippen LogP contribution is 2.21. The quantitative estimate of drug-likeness (QED) is 0.795. The molecule has 0 atom stereocenters. The largest absolute Gasteiger partial charge is 0.339 e. The summed E-state index contributed by atoms with van der Waals surface area (Å²) < 4.78 is 2.02. The Morgan fingerprint density at radius 3 is 2.73 bits per heavy atom. The zero-order valence-corrected chi connectivity index (χ0v) is 11.7. The molecule has 0 radical (unpaired) electrons. The SMILES string of the molecule is CC(C)(C)n1cccc1C(=O)SCCBr. The maximum absolute atomic E-state index is 11.9.